The number of esters is 1. The predicted octanol–water partition coefficient (Wildman–Crippen LogP) is 5.03. The standard InChI is InChI=1S/C16H30O2/c1-3-4-5-6-7-8-9-10-11-12-13-14-15-18-16(2)17/h8-9H,3-7,10-15H2,1-2H3/b9-8+. The second-order valence-corrected chi connectivity index (χ2v) is 4.86. The molecule has 0 atom stereocenters. The zero-order chi connectivity index (χ0) is 13.5. The number of unbranched alkanes of at least 4 members (excludes halogenated alkanes) is 8. The van der Waals surface area contributed by atoms with Gasteiger partial charge in [0, 0.05) is 6.92 Å². The summed E-state index contributed by atoms with van der Waals surface area (Å²) in [5.41, 5.74) is 0. The maximum absolute atomic E-state index is 10.5. The first-order valence-electron chi connectivity index (χ1n) is 7.55. The third-order valence-electron chi connectivity index (χ3n) is 2.96. The van der Waals surface area contributed by atoms with Crippen molar-refractivity contribution < 1.29 is 9.53 Å². The molecule has 0 aliphatic rings. The molecule has 0 N–H and O–H groups in total. The Morgan fingerprint density at radius 1 is 0.889 bits per heavy atom. The van der Waals surface area contributed by atoms with Crippen molar-refractivity contribution in [3.8, 4) is 0 Å². The molecule has 0 aliphatic heterocycles. The molecule has 2 heteroatoms. The summed E-state index contributed by atoms with van der Waals surface area (Å²) in [4.78, 5) is 10.5. The molecule has 0 saturated carbocycles. The van der Waals surface area contributed by atoms with E-state index in [4.69, 9.17) is 4.74 Å². The van der Waals surface area contributed by atoms with Gasteiger partial charge in [0.2, 0.25) is 0 Å². The van der Waals surface area contributed by atoms with E-state index in [0.29, 0.717) is 6.61 Å². The fraction of sp³-hybridized carbons (Fsp3) is 0.812. The lowest BCUT2D eigenvalue weighted by Crippen LogP contribution is -1.99. The van der Waals surface area contributed by atoms with Crippen molar-refractivity contribution in [2.24, 2.45) is 0 Å². The molecule has 106 valence electrons. The molecule has 0 fully saturated rings. The summed E-state index contributed by atoms with van der Waals surface area (Å²) < 4.78 is 4.88. The molecule has 0 bridgehead atoms. The van der Waals surface area contributed by atoms with Gasteiger partial charge in [-0.15, -0.1) is 0 Å². The molecule has 0 heterocycles. The van der Waals surface area contributed by atoms with Crippen molar-refractivity contribution in [3.63, 3.8) is 0 Å². The Kier molecular flexibility index (Phi) is 13.6. The van der Waals surface area contributed by atoms with Crippen molar-refractivity contribution in [3.05, 3.63) is 12.2 Å². The number of allylic oxidation sites excluding steroid dienone is 2. The van der Waals surface area contributed by atoms with Crippen LogP contribution in [0.4, 0.5) is 0 Å². The molecule has 18 heavy (non-hydrogen) atoms. The van der Waals surface area contributed by atoms with Crippen LogP contribution in [0.1, 0.15) is 78.1 Å². The van der Waals surface area contributed by atoms with Gasteiger partial charge in [-0.1, -0.05) is 51.2 Å². The highest BCUT2D eigenvalue weighted by Gasteiger charge is 1.92. The van der Waals surface area contributed by atoms with Gasteiger partial charge >= 0.3 is 5.97 Å². The van der Waals surface area contributed by atoms with E-state index in [-0.39, 0.29) is 5.97 Å². The van der Waals surface area contributed by atoms with Gasteiger partial charge in [0.1, 0.15) is 0 Å². The summed E-state index contributed by atoms with van der Waals surface area (Å²) in [7, 11) is 0. The average Bonchev–Trinajstić information content (AvgIpc) is 2.34. The van der Waals surface area contributed by atoms with E-state index in [1.807, 2.05) is 0 Å². The Morgan fingerprint density at radius 2 is 1.44 bits per heavy atom. The SMILES string of the molecule is CCCCCC/C=C/CCCCCCOC(C)=O. The fourth-order valence-electron chi connectivity index (χ4n) is 1.86. The van der Waals surface area contributed by atoms with Gasteiger partial charge in [0.25, 0.3) is 0 Å². The van der Waals surface area contributed by atoms with Crippen molar-refractivity contribution in [2.45, 2.75) is 78.1 Å². The van der Waals surface area contributed by atoms with Crippen LogP contribution in [0.5, 0.6) is 0 Å². The summed E-state index contributed by atoms with van der Waals surface area (Å²) in [5.74, 6) is -0.166. The van der Waals surface area contributed by atoms with Crippen LogP contribution in [0, 0.1) is 0 Å². The average molecular weight is 254 g/mol. The Balaban J connectivity index is 3.06. The highest BCUT2D eigenvalue weighted by molar-refractivity contribution is 5.65. The lowest BCUT2D eigenvalue weighted by molar-refractivity contribution is -0.141. The summed E-state index contributed by atoms with van der Waals surface area (Å²) in [5, 5.41) is 0. The molecule has 0 aromatic rings. The van der Waals surface area contributed by atoms with Gasteiger partial charge in [-0.25, -0.2) is 0 Å². The van der Waals surface area contributed by atoms with Gasteiger partial charge in [-0.3, -0.25) is 4.79 Å². The van der Waals surface area contributed by atoms with Crippen LogP contribution in [0.3, 0.4) is 0 Å². The Morgan fingerprint density at radius 3 is 2.00 bits per heavy atom. The second kappa shape index (κ2) is 14.3. The lowest BCUT2D eigenvalue weighted by atomic mass is 10.1. The lowest BCUT2D eigenvalue weighted by Gasteiger charge is -2.01. The van der Waals surface area contributed by atoms with Crippen molar-refractivity contribution >= 4 is 5.97 Å². The number of hydrogen-bond donors (Lipinski definition) is 0. The summed E-state index contributed by atoms with van der Waals surface area (Å²) in [6.07, 6.45) is 17.1. The molecule has 0 amide bonds. The third-order valence-corrected chi connectivity index (χ3v) is 2.96. The maximum atomic E-state index is 10.5. The van der Waals surface area contributed by atoms with Gasteiger partial charge in [-0.2, -0.15) is 0 Å². The summed E-state index contributed by atoms with van der Waals surface area (Å²) >= 11 is 0. The van der Waals surface area contributed by atoms with E-state index in [2.05, 4.69) is 19.1 Å². The van der Waals surface area contributed by atoms with Crippen molar-refractivity contribution in [2.75, 3.05) is 6.61 Å². The minimum Gasteiger partial charge on any atom is -0.466 e. The molecule has 0 aromatic carbocycles. The van der Waals surface area contributed by atoms with Crippen LogP contribution in [0.2, 0.25) is 0 Å². The smallest absolute Gasteiger partial charge is 0.302 e. The van der Waals surface area contributed by atoms with Crippen LogP contribution in [0.15, 0.2) is 12.2 Å². The quantitative estimate of drug-likeness (QED) is 0.277. The Hall–Kier alpha value is -0.790. The van der Waals surface area contributed by atoms with E-state index in [9.17, 15) is 4.79 Å². The van der Waals surface area contributed by atoms with Gasteiger partial charge in [0.05, 0.1) is 6.61 Å². The van der Waals surface area contributed by atoms with Gasteiger partial charge in [0.15, 0.2) is 0 Å². The normalized spacial score (nSPS) is 11.0. The maximum Gasteiger partial charge on any atom is 0.302 e. The molecule has 0 spiro atoms. The molecule has 0 rings (SSSR count). The van der Waals surface area contributed by atoms with Crippen LogP contribution in [-0.2, 0) is 9.53 Å². The second-order valence-electron chi connectivity index (χ2n) is 4.86. The topological polar surface area (TPSA) is 26.3 Å². The number of ether oxygens (including phenoxy) is 1. The fourth-order valence-corrected chi connectivity index (χ4v) is 1.86. The number of hydrogen-bond acceptors (Lipinski definition) is 2. The predicted molar refractivity (Wildman–Crippen MR) is 77.6 cm³/mol. The van der Waals surface area contributed by atoms with E-state index in [1.54, 1.807) is 0 Å². The van der Waals surface area contributed by atoms with E-state index < -0.39 is 0 Å². The van der Waals surface area contributed by atoms with Gasteiger partial charge < -0.3 is 4.74 Å². The van der Waals surface area contributed by atoms with Crippen LogP contribution in [-0.4, -0.2) is 12.6 Å². The summed E-state index contributed by atoms with van der Waals surface area (Å²) in [6, 6.07) is 0. The number of carbonyl (C=O) groups excluding carboxylic acids is 1. The molecule has 0 unspecified atom stereocenters. The third kappa shape index (κ3) is 15.2. The van der Waals surface area contributed by atoms with Crippen LogP contribution in [0.25, 0.3) is 0 Å². The van der Waals surface area contributed by atoms with Gasteiger partial charge in [-0.05, 0) is 32.1 Å². The van der Waals surface area contributed by atoms with E-state index in [0.717, 1.165) is 12.8 Å². The molecular weight excluding hydrogens is 224 g/mol. The Labute approximate surface area is 113 Å². The summed E-state index contributed by atoms with van der Waals surface area (Å²) in [6.45, 7) is 4.30. The first-order chi connectivity index (χ1) is 8.77. The molecular formula is C16H30O2. The van der Waals surface area contributed by atoms with Crippen molar-refractivity contribution in [1.29, 1.82) is 0 Å². The molecule has 0 radical (unpaired) electrons. The first-order valence-corrected chi connectivity index (χ1v) is 7.55. The highest BCUT2D eigenvalue weighted by Crippen LogP contribution is 2.06. The molecule has 2 nitrogen and oxygen atoms in total. The van der Waals surface area contributed by atoms with E-state index >= 15 is 0 Å². The van der Waals surface area contributed by atoms with E-state index in [1.165, 1.54) is 58.3 Å². The van der Waals surface area contributed by atoms with Crippen LogP contribution < -0.4 is 0 Å². The van der Waals surface area contributed by atoms with Crippen molar-refractivity contribution in [1.82, 2.24) is 0 Å². The monoisotopic (exact) mass is 254 g/mol. The van der Waals surface area contributed by atoms with Crippen LogP contribution >= 0.6 is 0 Å². The zero-order valence-corrected chi connectivity index (χ0v) is 12.2. The largest absolute Gasteiger partial charge is 0.466 e. The molecule has 0 saturated heterocycles. The zero-order valence-electron chi connectivity index (χ0n) is 12.2. The number of rotatable bonds is 12. The number of carbonyl (C=O) groups is 1. The minimum atomic E-state index is -0.166. The molecule has 0 aromatic heterocycles. The minimum absolute atomic E-state index is 0.166. The Bertz CT molecular complexity index is 209. The first kappa shape index (κ1) is 17.2. The molecule has 0 aliphatic carbocycles. The highest BCUT2D eigenvalue weighted by atomic mass is 16.5.